The van der Waals surface area contributed by atoms with Crippen molar-refractivity contribution in [3.8, 4) is 0 Å². The van der Waals surface area contributed by atoms with Crippen molar-refractivity contribution in [2.24, 2.45) is 0 Å². The number of benzene rings is 1. The van der Waals surface area contributed by atoms with Crippen LogP contribution in [0.3, 0.4) is 0 Å². The van der Waals surface area contributed by atoms with Crippen LogP contribution in [0.5, 0.6) is 0 Å². The van der Waals surface area contributed by atoms with Gasteiger partial charge in [0.2, 0.25) is 10.0 Å². The average Bonchev–Trinajstić information content (AvgIpc) is 2.85. The van der Waals surface area contributed by atoms with Crippen molar-refractivity contribution >= 4 is 33.0 Å². The monoisotopic (exact) mass is 348 g/mol. The lowest BCUT2D eigenvalue weighted by molar-refractivity contribution is 0.556. The highest BCUT2D eigenvalue weighted by atomic mass is 35.5. The van der Waals surface area contributed by atoms with E-state index in [2.05, 4.69) is 10.0 Å². The second-order valence-electron chi connectivity index (χ2n) is 4.33. The van der Waals surface area contributed by atoms with Gasteiger partial charge in [0.05, 0.1) is 4.34 Å². The van der Waals surface area contributed by atoms with Crippen molar-refractivity contribution in [3.05, 3.63) is 50.9 Å². The molecule has 0 unspecified atom stereocenters. The van der Waals surface area contributed by atoms with E-state index in [1.165, 1.54) is 17.4 Å². The lowest BCUT2D eigenvalue weighted by Crippen LogP contribution is -2.24. The second-order valence-corrected chi connectivity index (χ2v) is 7.86. The third kappa shape index (κ3) is 4.24. The first-order valence-electron chi connectivity index (χ1n) is 6.09. The Morgan fingerprint density at radius 1 is 1.24 bits per heavy atom. The van der Waals surface area contributed by atoms with E-state index in [1.807, 2.05) is 0 Å². The molecule has 0 saturated carbocycles. The molecule has 0 amide bonds. The van der Waals surface area contributed by atoms with Crippen LogP contribution < -0.4 is 10.0 Å². The number of sulfonamides is 1. The van der Waals surface area contributed by atoms with Gasteiger partial charge in [-0.1, -0.05) is 17.7 Å². The quantitative estimate of drug-likeness (QED) is 0.844. The summed E-state index contributed by atoms with van der Waals surface area (Å²) in [5.74, 6) is -0.772. The van der Waals surface area contributed by atoms with Crippen LogP contribution in [0.2, 0.25) is 4.34 Å². The molecule has 0 fully saturated rings. The molecule has 2 rings (SSSR count). The van der Waals surface area contributed by atoms with Gasteiger partial charge >= 0.3 is 0 Å². The van der Waals surface area contributed by atoms with Crippen molar-refractivity contribution in [2.75, 3.05) is 7.05 Å². The van der Waals surface area contributed by atoms with E-state index in [1.54, 1.807) is 25.2 Å². The van der Waals surface area contributed by atoms with Crippen LogP contribution >= 0.6 is 22.9 Å². The fourth-order valence-corrected chi connectivity index (χ4v) is 4.01. The molecule has 0 aliphatic carbocycles. The van der Waals surface area contributed by atoms with Crippen molar-refractivity contribution in [2.45, 2.75) is 18.0 Å². The average molecular weight is 349 g/mol. The van der Waals surface area contributed by atoms with E-state index < -0.39 is 15.8 Å². The Kier molecular flexibility index (Phi) is 5.34. The molecule has 0 bridgehead atoms. The summed E-state index contributed by atoms with van der Waals surface area (Å²) in [6.45, 7) is 0.540. The fraction of sp³-hybridized carbons (Fsp3) is 0.231. The van der Waals surface area contributed by atoms with Crippen LogP contribution in [0.15, 0.2) is 35.2 Å². The molecule has 0 aliphatic heterocycles. The molecular weight excluding hydrogens is 335 g/mol. The van der Waals surface area contributed by atoms with Crippen molar-refractivity contribution < 1.29 is 12.8 Å². The maximum atomic E-state index is 13.8. The van der Waals surface area contributed by atoms with E-state index >= 15 is 0 Å². The van der Waals surface area contributed by atoms with E-state index in [0.717, 1.165) is 10.9 Å². The molecular formula is C13H14ClFN2O2S2. The van der Waals surface area contributed by atoms with Crippen molar-refractivity contribution in [3.63, 3.8) is 0 Å². The molecule has 2 aromatic rings. The molecule has 0 spiro atoms. The molecule has 1 heterocycles. The fourth-order valence-electron chi connectivity index (χ4n) is 1.76. The third-order valence-corrected chi connectivity index (χ3v) is 5.38. The molecule has 1 aromatic carbocycles. The van der Waals surface area contributed by atoms with E-state index in [9.17, 15) is 12.8 Å². The first-order valence-corrected chi connectivity index (χ1v) is 8.77. The molecule has 1 aromatic heterocycles. The lowest BCUT2D eigenvalue weighted by atomic mass is 10.2. The van der Waals surface area contributed by atoms with E-state index in [4.69, 9.17) is 11.6 Å². The van der Waals surface area contributed by atoms with Gasteiger partial charge in [-0.15, -0.1) is 11.3 Å². The number of nitrogens with one attached hydrogen (secondary N) is 2. The van der Waals surface area contributed by atoms with Gasteiger partial charge in [0.25, 0.3) is 0 Å². The molecule has 2 N–H and O–H groups in total. The van der Waals surface area contributed by atoms with Crippen LogP contribution in [-0.4, -0.2) is 15.5 Å². The number of thiophene rings is 1. The Labute approximate surface area is 132 Å². The van der Waals surface area contributed by atoms with Gasteiger partial charge in [0, 0.05) is 18.0 Å². The summed E-state index contributed by atoms with van der Waals surface area (Å²) in [4.78, 5) is 0.410. The molecule has 0 aliphatic rings. The number of halogens is 2. The Balaban J connectivity index is 2.20. The largest absolute Gasteiger partial charge is 0.316 e. The topological polar surface area (TPSA) is 58.2 Å². The number of hydrogen-bond donors (Lipinski definition) is 2. The zero-order valence-corrected chi connectivity index (χ0v) is 13.6. The van der Waals surface area contributed by atoms with Gasteiger partial charge in [-0.05, 0) is 36.9 Å². The summed E-state index contributed by atoms with van der Waals surface area (Å²) >= 11 is 7.06. The molecule has 4 nitrogen and oxygen atoms in total. The van der Waals surface area contributed by atoms with Crippen LogP contribution in [-0.2, 0) is 23.1 Å². The minimum absolute atomic E-state index is 0.0788. The van der Waals surface area contributed by atoms with Gasteiger partial charge < -0.3 is 5.32 Å². The van der Waals surface area contributed by atoms with E-state index in [0.29, 0.717) is 16.4 Å². The highest BCUT2D eigenvalue weighted by Gasteiger charge is 2.19. The zero-order valence-electron chi connectivity index (χ0n) is 11.2. The predicted octanol–water partition coefficient (Wildman–Crippen LogP) is 2.74. The number of hydrogen-bond acceptors (Lipinski definition) is 4. The second kappa shape index (κ2) is 6.85. The summed E-state index contributed by atoms with van der Waals surface area (Å²) < 4.78 is 41.1. The van der Waals surface area contributed by atoms with Crippen LogP contribution in [0.1, 0.15) is 10.4 Å². The summed E-state index contributed by atoms with van der Waals surface area (Å²) in [5, 5.41) is 2.89. The van der Waals surface area contributed by atoms with Gasteiger partial charge in [-0.2, -0.15) is 0 Å². The Bertz CT molecular complexity index is 732. The van der Waals surface area contributed by atoms with Gasteiger partial charge in [-0.25, -0.2) is 17.5 Å². The lowest BCUT2D eigenvalue weighted by Gasteiger charge is -2.09. The normalized spacial score (nSPS) is 11.8. The SMILES string of the molecule is CNCc1ccc(F)c(S(=O)(=O)NCc2ccc(Cl)s2)c1. The highest BCUT2D eigenvalue weighted by molar-refractivity contribution is 7.89. The third-order valence-electron chi connectivity index (χ3n) is 2.73. The molecule has 0 radical (unpaired) electrons. The smallest absolute Gasteiger partial charge is 0.243 e. The van der Waals surface area contributed by atoms with Gasteiger partial charge in [-0.3, -0.25) is 0 Å². The summed E-state index contributed by atoms with van der Waals surface area (Å²) in [5.41, 5.74) is 0.693. The van der Waals surface area contributed by atoms with Crippen LogP contribution in [0.4, 0.5) is 4.39 Å². The highest BCUT2D eigenvalue weighted by Crippen LogP contribution is 2.22. The van der Waals surface area contributed by atoms with Crippen LogP contribution in [0, 0.1) is 5.82 Å². The molecule has 21 heavy (non-hydrogen) atoms. The first-order chi connectivity index (χ1) is 9.92. The summed E-state index contributed by atoms with van der Waals surface area (Å²) in [7, 11) is -2.18. The van der Waals surface area contributed by atoms with Gasteiger partial charge in [0.1, 0.15) is 10.7 Å². The van der Waals surface area contributed by atoms with Gasteiger partial charge in [0.15, 0.2) is 0 Å². The minimum atomic E-state index is -3.91. The van der Waals surface area contributed by atoms with E-state index in [-0.39, 0.29) is 11.4 Å². The molecule has 114 valence electrons. The van der Waals surface area contributed by atoms with Crippen molar-refractivity contribution in [1.29, 1.82) is 0 Å². The Hall–Kier alpha value is -0.990. The maximum absolute atomic E-state index is 13.8. The first kappa shape index (κ1) is 16.4. The van der Waals surface area contributed by atoms with Crippen LogP contribution in [0.25, 0.3) is 0 Å². The zero-order chi connectivity index (χ0) is 15.5. The molecule has 0 saturated heterocycles. The predicted molar refractivity (Wildman–Crippen MR) is 82.5 cm³/mol. The standard InChI is InChI=1S/C13H14ClFN2O2S2/c1-16-7-9-2-4-11(15)12(6-9)21(18,19)17-8-10-3-5-13(14)20-10/h2-6,16-17H,7-8H2,1H3. The number of rotatable bonds is 6. The summed E-state index contributed by atoms with van der Waals surface area (Å²) in [6, 6.07) is 7.44. The molecule has 0 atom stereocenters. The minimum Gasteiger partial charge on any atom is -0.316 e. The summed E-state index contributed by atoms with van der Waals surface area (Å²) in [6.07, 6.45) is 0. The Morgan fingerprint density at radius 3 is 2.62 bits per heavy atom. The van der Waals surface area contributed by atoms with Crippen molar-refractivity contribution in [1.82, 2.24) is 10.0 Å². The Morgan fingerprint density at radius 2 is 2.00 bits per heavy atom. The molecule has 8 heteroatoms. The maximum Gasteiger partial charge on any atom is 0.243 e.